The zero-order valence-electron chi connectivity index (χ0n) is 10.3. The van der Waals surface area contributed by atoms with Crippen LogP contribution in [-0.4, -0.2) is 18.2 Å². The van der Waals surface area contributed by atoms with Gasteiger partial charge in [0.25, 0.3) is 0 Å². The third-order valence-electron chi connectivity index (χ3n) is 2.85. The fourth-order valence-electron chi connectivity index (χ4n) is 1.51. The lowest BCUT2D eigenvalue weighted by atomic mass is 10.0. The summed E-state index contributed by atoms with van der Waals surface area (Å²) in [6.07, 6.45) is 2.13. The van der Waals surface area contributed by atoms with Crippen molar-refractivity contribution in [2.45, 2.75) is 32.7 Å². The molecule has 17 heavy (non-hydrogen) atoms. The second kappa shape index (κ2) is 6.84. The van der Waals surface area contributed by atoms with Gasteiger partial charge in [-0.1, -0.05) is 44.2 Å². The normalized spacial score (nSPS) is 13.8. The molecule has 1 rings (SSSR count). The highest BCUT2D eigenvalue weighted by Gasteiger charge is 2.15. The first-order valence-corrected chi connectivity index (χ1v) is 5.97. The lowest BCUT2D eigenvalue weighted by molar-refractivity contribution is -0.127. The maximum Gasteiger partial charge on any atom is 0.223 e. The molecule has 0 aliphatic rings. The van der Waals surface area contributed by atoms with E-state index in [0.29, 0.717) is 6.42 Å². The van der Waals surface area contributed by atoms with E-state index >= 15 is 0 Å². The van der Waals surface area contributed by atoms with Crippen LogP contribution in [0.5, 0.6) is 0 Å². The van der Waals surface area contributed by atoms with E-state index in [9.17, 15) is 9.59 Å². The van der Waals surface area contributed by atoms with Crippen LogP contribution in [0, 0.1) is 5.92 Å². The summed E-state index contributed by atoms with van der Waals surface area (Å²) < 4.78 is 0. The average molecular weight is 233 g/mol. The molecular weight excluding hydrogens is 214 g/mol. The first-order valence-electron chi connectivity index (χ1n) is 5.97. The lowest BCUT2D eigenvalue weighted by Gasteiger charge is -2.15. The second-order valence-electron chi connectivity index (χ2n) is 4.25. The number of carbonyl (C=O) groups excluding carboxylic acids is 2. The standard InChI is InChI=1S/C14H19NO2/c1-3-11(2)14(17)15-13(10-16)9-12-7-5-4-6-8-12/h4-8,10-11,13H,3,9H2,1-2H3,(H,15,17). The molecule has 0 aliphatic heterocycles. The number of nitrogens with one attached hydrogen (secondary N) is 1. The van der Waals surface area contributed by atoms with Crippen molar-refractivity contribution in [3.8, 4) is 0 Å². The van der Waals surface area contributed by atoms with Crippen LogP contribution in [0.15, 0.2) is 30.3 Å². The van der Waals surface area contributed by atoms with Gasteiger partial charge in [0.1, 0.15) is 6.29 Å². The summed E-state index contributed by atoms with van der Waals surface area (Å²) in [6.45, 7) is 3.82. The van der Waals surface area contributed by atoms with Crippen molar-refractivity contribution in [2.75, 3.05) is 0 Å². The molecule has 2 atom stereocenters. The fraction of sp³-hybridized carbons (Fsp3) is 0.429. The molecule has 92 valence electrons. The number of benzene rings is 1. The molecule has 3 heteroatoms. The van der Waals surface area contributed by atoms with Gasteiger partial charge < -0.3 is 10.1 Å². The van der Waals surface area contributed by atoms with Crippen LogP contribution in [-0.2, 0) is 16.0 Å². The molecule has 1 amide bonds. The van der Waals surface area contributed by atoms with Gasteiger partial charge in [0.05, 0.1) is 6.04 Å². The van der Waals surface area contributed by atoms with E-state index in [2.05, 4.69) is 5.32 Å². The van der Waals surface area contributed by atoms with Gasteiger partial charge in [-0.25, -0.2) is 0 Å². The Morgan fingerprint density at radius 3 is 2.53 bits per heavy atom. The van der Waals surface area contributed by atoms with Crippen molar-refractivity contribution in [3.05, 3.63) is 35.9 Å². The van der Waals surface area contributed by atoms with Crippen molar-refractivity contribution < 1.29 is 9.59 Å². The highest BCUT2D eigenvalue weighted by Crippen LogP contribution is 2.04. The minimum absolute atomic E-state index is 0.0479. The van der Waals surface area contributed by atoms with Gasteiger partial charge in [-0.15, -0.1) is 0 Å². The Kier molecular flexibility index (Phi) is 5.40. The molecule has 0 aliphatic carbocycles. The minimum Gasteiger partial charge on any atom is -0.346 e. The van der Waals surface area contributed by atoms with Crippen LogP contribution in [0.4, 0.5) is 0 Å². The lowest BCUT2D eigenvalue weighted by Crippen LogP contribution is -2.40. The van der Waals surface area contributed by atoms with Crippen LogP contribution in [0.25, 0.3) is 0 Å². The quantitative estimate of drug-likeness (QED) is 0.763. The van der Waals surface area contributed by atoms with Gasteiger partial charge in [-0.2, -0.15) is 0 Å². The number of rotatable bonds is 6. The van der Waals surface area contributed by atoms with Crippen molar-refractivity contribution in [2.24, 2.45) is 5.92 Å². The molecule has 0 fully saturated rings. The van der Waals surface area contributed by atoms with Gasteiger partial charge in [-0.05, 0) is 18.4 Å². The van der Waals surface area contributed by atoms with Crippen LogP contribution in [0.1, 0.15) is 25.8 Å². The number of hydrogen-bond donors (Lipinski definition) is 1. The first-order chi connectivity index (χ1) is 8.17. The van der Waals surface area contributed by atoms with E-state index in [1.807, 2.05) is 44.2 Å². The predicted molar refractivity (Wildman–Crippen MR) is 67.6 cm³/mol. The van der Waals surface area contributed by atoms with E-state index < -0.39 is 6.04 Å². The Labute approximate surface area is 102 Å². The third-order valence-corrected chi connectivity index (χ3v) is 2.85. The Morgan fingerprint density at radius 1 is 1.35 bits per heavy atom. The van der Waals surface area contributed by atoms with E-state index in [-0.39, 0.29) is 11.8 Å². The third kappa shape index (κ3) is 4.39. The predicted octanol–water partition coefficient (Wildman–Crippen LogP) is 1.96. The summed E-state index contributed by atoms with van der Waals surface area (Å²) in [7, 11) is 0. The van der Waals surface area contributed by atoms with Crippen molar-refractivity contribution in [1.82, 2.24) is 5.32 Å². The van der Waals surface area contributed by atoms with Gasteiger partial charge >= 0.3 is 0 Å². The number of amides is 1. The topological polar surface area (TPSA) is 46.2 Å². The van der Waals surface area contributed by atoms with Gasteiger partial charge in [0.2, 0.25) is 5.91 Å². The zero-order valence-corrected chi connectivity index (χ0v) is 10.3. The maximum absolute atomic E-state index is 11.7. The zero-order chi connectivity index (χ0) is 12.7. The Bertz CT molecular complexity index is 362. The summed E-state index contributed by atoms with van der Waals surface area (Å²) >= 11 is 0. The summed E-state index contributed by atoms with van der Waals surface area (Å²) in [5.74, 6) is -0.103. The Morgan fingerprint density at radius 2 is 2.00 bits per heavy atom. The molecule has 3 nitrogen and oxygen atoms in total. The van der Waals surface area contributed by atoms with Gasteiger partial charge in [0.15, 0.2) is 0 Å². The Balaban J connectivity index is 2.55. The van der Waals surface area contributed by atoms with Gasteiger partial charge in [0, 0.05) is 5.92 Å². The number of carbonyl (C=O) groups is 2. The van der Waals surface area contributed by atoms with E-state index in [4.69, 9.17) is 0 Å². The number of aldehydes is 1. The molecule has 1 aromatic rings. The largest absolute Gasteiger partial charge is 0.346 e. The van der Waals surface area contributed by atoms with Crippen molar-refractivity contribution in [1.29, 1.82) is 0 Å². The highest BCUT2D eigenvalue weighted by atomic mass is 16.2. The van der Waals surface area contributed by atoms with Crippen molar-refractivity contribution >= 4 is 12.2 Å². The molecule has 2 unspecified atom stereocenters. The summed E-state index contributed by atoms with van der Waals surface area (Å²) in [4.78, 5) is 22.6. The summed E-state index contributed by atoms with van der Waals surface area (Å²) in [6, 6.07) is 9.25. The molecular formula is C14H19NO2. The molecule has 0 heterocycles. The molecule has 0 saturated carbocycles. The maximum atomic E-state index is 11.7. The van der Waals surface area contributed by atoms with Crippen LogP contribution >= 0.6 is 0 Å². The van der Waals surface area contributed by atoms with E-state index in [1.165, 1.54) is 0 Å². The van der Waals surface area contributed by atoms with Crippen molar-refractivity contribution in [3.63, 3.8) is 0 Å². The highest BCUT2D eigenvalue weighted by molar-refractivity contribution is 5.81. The first kappa shape index (κ1) is 13.4. The summed E-state index contributed by atoms with van der Waals surface area (Å²) in [5, 5.41) is 2.76. The molecule has 1 N–H and O–H groups in total. The fourth-order valence-corrected chi connectivity index (χ4v) is 1.51. The minimum atomic E-state index is -0.432. The van der Waals surface area contributed by atoms with Crippen LogP contribution in [0.2, 0.25) is 0 Å². The van der Waals surface area contributed by atoms with Crippen LogP contribution < -0.4 is 5.32 Å². The second-order valence-corrected chi connectivity index (χ2v) is 4.25. The monoisotopic (exact) mass is 233 g/mol. The Hall–Kier alpha value is -1.64. The SMILES string of the molecule is CCC(C)C(=O)NC(C=O)Cc1ccccc1. The number of hydrogen-bond acceptors (Lipinski definition) is 2. The van der Waals surface area contributed by atoms with E-state index in [1.54, 1.807) is 0 Å². The summed E-state index contributed by atoms with van der Waals surface area (Å²) in [5.41, 5.74) is 1.05. The van der Waals surface area contributed by atoms with Gasteiger partial charge in [-0.3, -0.25) is 4.79 Å². The molecule has 0 radical (unpaired) electrons. The molecule has 0 saturated heterocycles. The molecule has 1 aromatic carbocycles. The molecule has 0 spiro atoms. The van der Waals surface area contributed by atoms with Crippen LogP contribution in [0.3, 0.4) is 0 Å². The average Bonchev–Trinajstić information content (AvgIpc) is 2.38. The smallest absolute Gasteiger partial charge is 0.223 e. The molecule has 0 bridgehead atoms. The molecule has 0 aromatic heterocycles. The van der Waals surface area contributed by atoms with E-state index in [0.717, 1.165) is 18.3 Å².